The van der Waals surface area contributed by atoms with Gasteiger partial charge in [-0.05, 0) is 0 Å². The fourth-order valence-electron chi connectivity index (χ4n) is 0. The molecule has 4 heteroatoms. The van der Waals surface area contributed by atoms with Crippen LogP contribution >= 0.6 is 0 Å². The minimum atomic E-state index is -0.940. The molecule has 0 fully saturated rings. The van der Waals surface area contributed by atoms with Crippen LogP contribution in [0.3, 0.4) is 0 Å². The molecule has 0 saturated carbocycles. The van der Waals surface area contributed by atoms with Crippen LogP contribution in [0.2, 0.25) is 0 Å². The Kier molecular flexibility index (Phi) is 2.10. The molecule has 2 N–H and O–H groups in total. The summed E-state index contributed by atoms with van der Waals surface area (Å²) in [4.78, 5) is 9.29. The predicted octanol–water partition coefficient (Wildman–Crippen LogP) is -0.284. The molecule has 0 unspecified atom stereocenters. The summed E-state index contributed by atoms with van der Waals surface area (Å²) in [5.74, 6) is 0. The molecule has 0 aromatic heterocycles. The number of nitrogens with one attached hydrogen (secondary N) is 1. The summed E-state index contributed by atoms with van der Waals surface area (Å²) in [5.41, 5.74) is 0. The van der Waals surface area contributed by atoms with Crippen LogP contribution in [0.25, 0.3) is 0 Å². The zero-order valence-corrected chi connectivity index (χ0v) is 5.53. The molecule has 0 atom stereocenters. The second kappa shape index (κ2) is 2.15. The summed E-state index contributed by atoms with van der Waals surface area (Å²) in [5, 5.41) is 7.64. The van der Waals surface area contributed by atoms with E-state index in [1.165, 1.54) is 0 Å². The maximum absolute atomic E-state index is 9.29. The summed E-state index contributed by atoms with van der Waals surface area (Å²) < 4.78 is 2.07. The van der Waals surface area contributed by atoms with E-state index < -0.39 is 6.09 Å². The molecule has 0 bridgehead atoms. The zero-order valence-electron chi connectivity index (χ0n) is 2.56. The van der Waals surface area contributed by atoms with Crippen LogP contribution in [-0.2, 0) is 18.5 Å². The fraction of sp³-hybridized carbons (Fsp3) is 0. The molecular formula is CH2NO2Zn. The summed E-state index contributed by atoms with van der Waals surface area (Å²) in [7, 11) is 0. The summed E-state index contributed by atoms with van der Waals surface area (Å²) in [6.45, 7) is 0. The van der Waals surface area contributed by atoms with Gasteiger partial charge in [0.15, 0.2) is 0 Å². The van der Waals surface area contributed by atoms with Crippen LogP contribution in [0.15, 0.2) is 0 Å². The van der Waals surface area contributed by atoms with Crippen LogP contribution in [0.1, 0.15) is 0 Å². The standard InChI is InChI=1S/CH2NO2.Zn/c2-1(3)4;/h2H,(H,3,4);/q-1;+1. The maximum atomic E-state index is 9.29. The van der Waals surface area contributed by atoms with Gasteiger partial charge in [0.1, 0.15) is 0 Å². The summed E-state index contributed by atoms with van der Waals surface area (Å²) in [6.07, 6.45) is -0.940. The number of hydrogen-bond acceptors (Lipinski definition) is 1. The molecule has 3 nitrogen and oxygen atoms in total. The Balaban J connectivity index is 2.85. The Labute approximate surface area is 39.3 Å². The molecule has 0 aromatic carbocycles. The third-order valence-corrected chi connectivity index (χ3v) is 0.786. The van der Waals surface area contributed by atoms with Crippen molar-refractivity contribution in [3.05, 3.63) is 0 Å². The van der Waals surface area contributed by atoms with Gasteiger partial charge in [-0.2, -0.15) is 0 Å². The summed E-state index contributed by atoms with van der Waals surface area (Å²) >= 11 is 0.606. The third kappa shape index (κ3) is 3.89. The first kappa shape index (κ1) is 4.89. The normalized spacial score (nSPS) is 6.80. The first-order valence-electron chi connectivity index (χ1n) is 1.03. The first-order valence-corrected chi connectivity index (χ1v) is 2.51. The summed E-state index contributed by atoms with van der Waals surface area (Å²) in [6, 6.07) is 0. The average Bonchev–Trinajstić information content (AvgIpc) is 1.38. The molecule has 25 valence electrons. The number of rotatable bonds is 0. The Morgan fingerprint density at radius 2 is 2.20 bits per heavy atom. The van der Waals surface area contributed by atoms with Crippen molar-refractivity contribution in [2.24, 2.45) is 0 Å². The quantitative estimate of drug-likeness (QED) is 0.437. The molecular weight excluding hydrogens is 123 g/mol. The van der Waals surface area contributed by atoms with Crippen LogP contribution < -0.4 is 4.06 Å². The van der Waals surface area contributed by atoms with Crippen molar-refractivity contribution >= 4 is 6.09 Å². The molecule has 0 aromatic rings. The van der Waals surface area contributed by atoms with E-state index in [0.29, 0.717) is 18.5 Å². The minimum absolute atomic E-state index is 0.606. The van der Waals surface area contributed by atoms with Crippen molar-refractivity contribution in [3.63, 3.8) is 0 Å². The van der Waals surface area contributed by atoms with Crippen molar-refractivity contribution in [2.45, 2.75) is 0 Å². The Morgan fingerprint density at radius 3 is 2.20 bits per heavy atom. The molecule has 0 aliphatic carbocycles. The molecule has 1 amide bonds. The van der Waals surface area contributed by atoms with Gasteiger partial charge in [0.2, 0.25) is 0 Å². The van der Waals surface area contributed by atoms with E-state index in [4.69, 9.17) is 5.11 Å². The van der Waals surface area contributed by atoms with E-state index in [-0.39, 0.29) is 0 Å². The molecule has 0 aliphatic rings. The molecule has 0 radical (unpaired) electrons. The van der Waals surface area contributed by atoms with Crippen LogP contribution in [0.4, 0.5) is 4.79 Å². The van der Waals surface area contributed by atoms with E-state index >= 15 is 0 Å². The number of carbonyl (C=O) groups is 1. The fourth-order valence-corrected chi connectivity index (χ4v) is 0. The molecule has 0 aliphatic heterocycles. The number of amides is 1. The molecule has 0 heterocycles. The number of hydrogen-bond donors (Lipinski definition) is 2. The third-order valence-electron chi connectivity index (χ3n) is 0.151. The van der Waals surface area contributed by atoms with Crippen LogP contribution in [0, 0.1) is 0 Å². The van der Waals surface area contributed by atoms with Crippen molar-refractivity contribution < 1.29 is 28.4 Å². The van der Waals surface area contributed by atoms with E-state index in [9.17, 15) is 4.79 Å². The zero-order chi connectivity index (χ0) is 4.28. The van der Waals surface area contributed by atoms with E-state index in [1.54, 1.807) is 0 Å². The average molecular weight is 125 g/mol. The van der Waals surface area contributed by atoms with Crippen molar-refractivity contribution in [1.82, 2.24) is 4.06 Å². The van der Waals surface area contributed by atoms with Gasteiger partial charge < -0.3 is 0 Å². The molecule has 0 spiro atoms. The van der Waals surface area contributed by atoms with Crippen LogP contribution in [0.5, 0.6) is 0 Å². The number of carboxylic acid groups (broad SMARTS) is 1. The Hall–Kier alpha value is -0.107. The van der Waals surface area contributed by atoms with Crippen molar-refractivity contribution in [2.75, 3.05) is 0 Å². The van der Waals surface area contributed by atoms with Crippen molar-refractivity contribution in [3.8, 4) is 0 Å². The molecule has 0 saturated heterocycles. The second-order valence-electron chi connectivity index (χ2n) is 0.482. The van der Waals surface area contributed by atoms with E-state index in [1.807, 2.05) is 0 Å². The van der Waals surface area contributed by atoms with Gasteiger partial charge in [0, 0.05) is 0 Å². The Bertz CT molecular complexity index is 44.9. The van der Waals surface area contributed by atoms with Gasteiger partial charge in [0.25, 0.3) is 0 Å². The monoisotopic (exact) mass is 124 g/mol. The van der Waals surface area contributed by atoms with E-state index in [0.717, 1.165) is 0 Å². The van der Waals surface area contributed by atoms with Crippen LogP contribution in [-0.4, -0.2) is 11.2 Å². The van der Waals surface area contributed by atoms with Gasteiger partial charge in [-0.25, -0.2) is 0 Å². The van der Waals surface area contributed by atoms with E-state index in [2.05, 4.69) is 4.06 Å². The van der Waals surface area contributed by atoms with Crippen molar-refractivity contribution in [1.29, 1.82) is 0 Å². The first-order chi connectivity index (χ1) is 2.27. The Morgan fingerprint density at radius 1 is 2.00 bits per heavy atom. The molecule has 5 heavy (non-hydrogen) atoms. The molecule has 0 rings (SSSR count). The topological polar surface area (TPSA) is 49.3 Å². The van der Waals surface area contributed by atoms with Gasteiger partial charge in [0.05, 0.1) is 0 Å². The van der Waals surface area contributed by atoms with Gasteiger partial charge in [-0.15, -0.1) is 0 Å². The SMILES string of the molecule is O=C(O)[NH][Zn]. The van der Waals surface area contributed by atoms with Gasteiger partial charge in [-0.3, -0.25) is 0 Å². The predicted molar refractivity (Wildman–Crippen MR) is 11.2 cm³/mol. The van der Waals surface area contributed by atoms with Gasteiger partial charge in [-0.1, -0.05) is 0 Å². The second-order valence-corrected chi connectivity index (χ2v) is 1.22. The van der Waals surface area contributed by atoms with Gasteiger partial charge >= 0.3 is 38.6 Å².